The van der Waals surface area contributed by atoms with Gasteiger partial charge in [0.05, 0.1) is 11.1 Å². The van der Waals surface area contributed by atoms with Crippen molar-refractivity contribution in [2.75, 3.05) is 5.32 Å². The lowest BCUT2D eigenvalue weighted by atomic mass is 9.96. The lowest BCUT2D eigenvalue weighted by Crippen LogP contribution is -2.14. The van der Waals surface area contributed by atoms with Gasteiger partial charge >= 0.3 is 5.97 Å². The highest BCUT2D eigenvalue weighted by atomic mass is 32.1. The van der Waals surface area contributed by atoms with Crippen molar-refractivity contribution < 1.29 is 14.7 Å². The molecule has 0 aliphatic heterocycles. The van der Waals surface area contributed by atoms with Crippen LogP contribution in [0, 0.1) is 13.8 Å². The SMILES string of the molecule is Cc1cc(C)cc(NC(=O)c2c(N=Cc3ccc(C(=O)O)cc3)sc3c2CCCCCC3)c1. The summed E-state index contributed by atoms with van der Waals surface area (Å²) < 4.78 is 0. The van der Waals surface area contributed by atoms with Crippen molar-refractivity contribution >= 4 is 40.1 Å². The predicted molar refractivity (Wildman–Crippen MR) is 135 cm³/mol. The van der Waals surface area contributed by atoms with Crippen molar-refractivity contribution in [3.05, 3.63) is 80.7 Å². The summed E-state index contributed by atoms with van der Waals surface area (Å²) in [6.07, 6.45) is 8.19. The fourth-order valence-electron chi connectivity index (χ4n) is 4.32. The Kier molecular flexibility index (Phi) is 7.04. The highest BCUT2D eigenvalue weighted by Gasteiger charge is 2.24. The number of carboxylic acids is 1. The summed E-state index contributed by atoms with van der Waals surface area (Å²) >= 11 is 1.60. The number of nitrogens with zero attached hydrogens (tertiary/aromatic N) is 1. The number of aliphatic imine (C=N–C) groups is 1. The summed E-state index contributed by atoms with van der Waals surface area (Å²) in [5, 5.41) is 12.9. The maximum absolute atomic E-state index is 13.5. The van der Waals surface area contributed by atoms with Gasteiger partial charge in [0, 0.05) is 16.8 Å². The lowest BCUT2D eigenvalue weighted by molar-refractivity contribution is 0.0696. The number of amides is 1. The topological polar surface area (TPSA) is 78.8 Å². The van der Waals surface area contributed by atoms with Crippen molar-refractivity contribution in [1.29, 1.82) is 0 Å². The summed E-state index contributed by atoms with van der Waals surface area (Å²) in [5.41, 5.74) is 5.84. The molecule has 1 aliphatic rings. The molecule has 5 nitrogen and oxygen atoms in total. The maximum Gasteiger partial charge on any atom is 0.335 e. The zero-order valence-corrected chi connectivity index (χ0v) is 19.8. The number of carbonyl (C=O) groups excluding carboxylic acids is 1. The van der Waals surface area contributed by atoms with E-state index in [1.807, 2.05) is 26.0 Å². The fraction of sp³-hybridized carbons (Fsp3) is 0.296. The van der Waals surface area contributed by atoms with Crippen LogP contribution in [-0.2, 0) is 12.8 Å². The van der Waals surface area contributed by atoms with Gasteiger partial charge in [0.1, 0.15) is 5.00 Å². The Hall–Kier alpha value is -3.25. The molecule has 2 aromatic carbocycles. The number of aryl methyl sites for hydroxylation is 3. The highest BCUT2D eigenvalue weighted by molar-refractivity contribution is 7.16. The molecule has 3 aromatic rings. The fourth-order valence-corrected chi connectivity index (χ4v) is 5.55. The zero-order valence-electron chi connectivity index (χ0n) is 19.0. The van der Waals surface area contributed by atoms with E-state index in [2.05, 4.69) is 11.4 Å². The molecule has 0 bridgehead atoms. The number of carbonyl (C=O) groups is 2. The molecule has 0 saturated carbocycles. The molecular weight excluding hydrogens is 432 g/mol. The third kappa shape index (κ3) is 5.57. The zero-order chi connectivity index (χ0) is 23.4. The van der Waals surface area contributed by atoms with Gasteiger partial charge < -0.3 is 10.4 Å². The summed E-state index contributed by atoms with van der Waals surface area (Å²) in [5.74, 6) is -1.08. The Labute approximate surface area is 198 Å². The molecule has 0 fully saturated rings. The Balaban J connectivity index is 1.69. The molecular formula is C27H28N2O3S. The van der Waals surface area contributed by atoms with Crippen molar-refractivity contribution in [3.63, 3.8) is 0 Å². The minimum absolute atomic E-state index is 0.119. The number of rotatable bonds is 5. The van der Waals surface area contributed by atoms with Crippen LogP contribution >= 0.6 is 11.3 Å². The van der Waals surface area contributed by atoms with Crippen LogP contribution in [0.1, 0.15) is 73.5 Å². The number of hydrogen-bond donors (Lipinski definition) is 2. The molecule has 1 aliphatic carbocycles. The first kappa shape index (κ1) is 22.9. The molecule has 1 amide bonds. The van der Waals surface area contributed by atoms with E-state index in [0.717, 1.165) is 53.6 Å². The van der Waals surface area contributed by atoms with E-state index in [1.54, 1.807) is 41.8 Å². The summed E-state index contributed by atoms with van der Waals surface area (Å²) in [6, 6.07) is 12.6. The van der Waals surface area contributed by atoms with Gasteiger partial charge in [-0.05, 0) is 86.1 Å². The van der Waals surface area contributed by atoms with E-state index in [0.29, 0.717) is 10.6 Å². The third-order valence-corrected chi connectivity index (χ3v) is 7.05. The van der Waals surface area contributed by atoms with Gasteiger partial charge in [0.2, 0.25) is 0 Å². The second-order valence-electron chi connectivity index (χ2n) is 8.61. The molecule has 1 heterocycles. The molecule has 1 aromatic heterocycles. The molecule has 0 radical (unpaired) electrons. The van der Waals surface area contributed by atoms with Crippen LogP contribution in [0.15, 0.2) is 47.5 Å². The number of nitrogens with one attached hydrogen (secondary N) is 1. The first-order valence-corrected chi connectivity index (χ1v) is 12.1. The van der Waals surface area contributed by atoms with E-state index in [9.17, 15) is 9.59 Å². The molecule has 4 rings (SSSR count). The predicted octanol–water partition coefficient (Wildman–Crippen LogP) is 6.73. The Bertz CT molecular complexity index is 1190. The van der Waals surface area contributed by atoms with Crippen molar-refractivity contribution in [3.8, 4) is 0 Å². The van der Waals surface area contributed by atoms with Crippen LogP contribution in [0.2, 0.25) is 0 Å². The number of hydrogen-bond acceptors (Lipinski definition) is 4. The van der Waals surface area contributed by atoms with Gasteiger partial charge in [-0.3, -0.25) is 4.79 Å². The number of anilines is 1. The largest absolute Gasteiger partial charge is 0.478 e. The minimum Gasteiger partial charge on any atom is -0.478 e. The third-order valence-electron chi connectivity index (χ3n) is 5.85. The van der Waals surface area contributed by atoms with Crippen LogP contribution in [-0.4, -0.2) is 23.2 Å². The Morgan fingerprint density at radius 1 is 0.970 bits per heavy atom. The average Bonchev–Trinajstić information content (AvgIpc) is 3.08. The summed E-state index contributed by atoms with van der Waals surface area (Å²) in [7, 11) is 0. The van der Waals surface area contributed by atoms with Crippen molar-refractivity contribution in [2.24, 2.45) is 4.99 Å². The Morgan fingerprint density at radius 2 is 1.64 bits per heavy atom. The lowest BCUT2D eigenvalue weighted by Gasteiger charge is -2.12. The van der Waals surface area contributed by atoms with Gasteiger partial charge in [0.15, 0.2) is 0 Å². The first-order chi connectivity index (χ1) is 15.9. The van der Waals surface area contributed by atoms with Crippen LogP contribution in [0.5, 0.6) is 0 Å². The van der Waals surface area contributed by atoms with Crippen LogP contribution in [0.25, 0.3) is 0 Å². The summed E-state index contributed by atoms with van der Waals surface area (Å²) in [4.78, 5) is 30.5. The Morgan fingerprint density at radius 3 is 2.30 bits per heavy atom. The molecule has 0 atom stereocenters. The number of aromatic carboxylic acids is 1. The number of thiophene rings is 1. The van der Waals surface area contributed by atoms with Gasteiger partial charge in [-0.2, -0.15) is 0 Å². The van der Waals surface area contributed by atoms with Crippen LogP contribution < -0.4 is 5.32 Å². The molecule has 33 heavy (non-hydrogen) atoms. The maximum atomic E-state index is 13.5. The molecule has 0 unspecified atom stereocenters. The second kappa shape index (κ2) is 10.1. The standard InChI is InChI=1S/C27H28N2O3S/c1-17-13-18(2)15-21(14-17)29-25(30)24-22-7-5-3-4-6-8-23(22)33-26(24)28-16-19-9-11-20(12-10-19)27(31)32/h9-16H,3-8H2,1-2H3,(H,29,30)(H,31,32). The van der Waals surface area contributed by atoms with Gasteiger partial charge in [0.25, 0.3) is 5.91 Å². The van der Waals surface area contributed by atoms with E-state index >= 15 is 0 Å². The van der Waals surface area contributed by atoms with Crippen molar-refractivity contribution in [2.45, 2.75) is 52.4 Å². The van der Waals surface area contributed by atoms with E-state index in [1.165, 1.54) is 17.7 Å². The normalized spacial score (nSPS) is 13.9. The first-order valence-electron chi connectivity index (χ1n) is 11.3. The number of benzene rings is 2. The number of fused-ring (bicyclic) bond motifs is 1. The smallest absolute Gasteiger partial charge is 0.335 e. The van der Waals surface area contributed by atoms with Gasteiger partial charge in [-0.1, -0.05) is 31.0 Å². The molecule has 0 saturated heterocycles. The molecule has 170 valence electrons. The molecule has 6 heteroatoms. The minimum atomic E-state index is -0.957. The van der Waals surface area contributed by atoms with Crippen LogP contribution in [0.3, 0.4) is 0 Å². The monoisotopic (exact) mass is 460 g/mol. The second-order valence-corrected chi connectivity index (χ2v) is 9.70. The van der Waals surface area contributed by atoms with Gasteiger partial charge in [-0.15, -0.1) is 11.3 Å². The van der Waals surface area contributed by atoms with Gasteiger partial charge in [-0.25, -0.2) is 9.79 Å². The number of carboxylic acid groups (broad SMARTS) is 1. The quantitative estimate of drug-likeness (QED) is 0.415. The highest BCUT2D eigenvalue weighted by Crippen LogP contribution is 2.39. The van der Waals surface area contributed by atoms with E-state index in [-0.39, 0.29) is 11.5 Å². The van der Waals surface area contributed by atoms with Crippen LogP contribution in [0.4, 0.5) is 10.7 Å². The van der Waals surface area contributed by atoms with Crippen molar-refractivity contribution in [1.82, 2.24) is 0 Å². The summed E-state index contributed by atoms with van der Waals surface area (Å²) in [6.45, 7) is 4.04. The van der Waals surface area contributed by atoms with E-state index < -0.39 is 5.97 Å². The van der Waals surface area contributed by atoms with E-state index in [4.69, 9.17) is 10.1 Å². The molecule has 2 N–H and O–H groups in total. The average molecular weight is 461 g/mol. The molecule has 0 spiro atoms.